The van der Waals surface area contributed by atoms with E-state index >= 15 is 0 Å². The third kappa shape index (κ3) is 2.41. The highest BCUT2D eigenvalue weighted by Gasteiger charge is 2.22. The van der Waals surface area contributed by atoms with Crippen molar-refractivity contribution in [2.45, 2.75) is 32.2 Å². The molecule has 5 heteroatoms. The minimum absolute atomic E-state index is 0.229. The van der Waals surface area contributed by atoms with Crippen LogP contribution in [0.3, 0.4) is 0 Å². The molecule has 0 saturated heterocycles. The van der Waals surface area contributed by atoms with Crippen LogP contribution in [0.1, 0.15) is 45.4 Å². The lowest BCUT2D eigenvalue weighted by atomic mass is 9.88. The Labute approximate surface area is 121 Å². The Bertz CT molecular complexity index is 651. The van der Waals surface area contributed by atoms with Crippen molar-refractivity contribution in [1.82, 2.24) is 4.98 Å². The van der Waals surface area contributed by atoms with Gasteiger partial charge in [0.1, 0.15) is 4.88 Å². The molecule has 0 aliphatic heterocycles. The summed E-state index contributed by atoms with van der Waals surface area (Å²) in [7, 11) is 0. The lowest BCUT2D eigenvalue weighted by molar-refractivity contribution is 0.0701. The van der Waals surface area contributed by atoms with Crippen molar-refractivity contribution in [3.05, 3.63) is 46.0 Å². The van der Waals surface area contributed by atoms with Gasteiger partial charge in [0.05, 0.1) is 11.7 Å². The van der Waals surface area contributed by atoms with E-state index < -0.39 is 5.97 Å². The van der Waals surface area contributed by atoms with Crippen LogP contribution in [0.15, 0.2) is 24.3 Å². The number of aryl methyl sites for hydroxylation is 2. The Morgan fingerprint density at radius 2 is 2.25 bits per heavy atom. The van der Waals surface area contributed by atoms with E-state index in [2.05, 4.69) is 34.6 Å². The van der Waals surface area contributed by atoms with Crippen molar-refractivity contribution in [3.8, 4) is 0 Å². The summed E-state index contributed by atoms with van der Waals surface area (Å²) < 4.78 is 0. The third-order valence-corrected chi connectivity index (χ3v) is 4.73. The summed E-state index contributed by atoms with van der Waals surface area (Å²) in [5.74, 6) is -0.905. The van der Waals surface area contributed by atoms with E-state index in [0.29, 0.717) is 15.7 Å². The first-order valence-electron chi connectivity index (χ1n) is 6.70. The predicted molar refractivity (Wildman–Crippen MR) is 79.6 cm³/mol. The summed E-state index contributed by atoms with van der Waals surface area (Å²) in [6, 6.07) is 8.66. The molecule has 2 N–H and O–H groups in total. The van der Waals surface area contributed by atoms with Crippen LogP contribution in [0.25, 0.3) is 0 Å². The molecule has 2 aromatic rings. The first kappa shape index (κ1) is 13.1. The molecule has 1 aliphatic rings. The van der Waals surface area contributed by atoms with E-state index in [-0.39, 0.29) is 6.04 Å². The van der Waals surface area contributed by atoms with Crippen LogP contribution in [-0.4, -0.2) is 16.1 Å². The number of benzene rings is 1. The number of hydrogen-bond acceptors (Lipinski definition) is 4. The maximum absolute atomic E-state index is 11.1. The van der Waals surface area contributed by atoms with Gasteiger partial charge >= 0.3 is 5.97 Å². The number of carboxylic acids is 1. The number of hydrogen-bond donors (Lipinski definition) is 2. The number of carboxylic acid groups (broad SMARTS) is 1. The van der Waals surface area contributed by atoms with E-state index in [1.54, 1.807) is 6.92 Å². The monoisotopic (exact) mass is 288 g/mol. The zero-order valence-corrected chi connectivity index (χ0v) is 12.0. The first-order chi connectivity index (χ1) is 9.65. The number of anilines is 1. The Balaban J connectivity index is 1.86. The molecule has 4 nitrogen and oxygen atoms in total. The summed E-state index contributed by atoms with van der Waals surface area (Å²) in [6.07, 6.45) is 3.31. The molecular weight excluding hydrogens is 272 g/mol. The molecule has 1 heterocycles. The molecule has 0 unspecified atom stereocenters. The number of nitrogens with one attached hydrogen (secondary N) is 1. The second kappa shape index (κ2) is 5.25. The van der Waals surface area contributed by atoms with E-state index in [9.17, 15) is 4.79 Å². The van der Waals surface area contributed by atoms with Crippen LogP contribution >= 0.6 is 11.3 Å². The van der Waals surface area contributed by atoms with Crippen molar-refractivity contribution in [2.24, 2.45) is 0 Å². The quantitative estimate of drug-likeness (QED) is 0.905. The molecule has 1 aromatic carbocycles. The van der Waals surface area contributed by atoms with Crippen LogP contribution in [0.5, 0.6) is 0 Å². The van der Waals surface area contributed by atoms with Crippen molar-refractivity contribution < 1.29 is 9.90 Å². The summed E-state index contributed by atoms with van der Waals surface area (Å²) >= 11 is 1.21. The SMILES string of the molecule is Cc1nc(N[C@@H]2CCCc3ccccc32)sc1C(=O)O. The van der Waals surface area contributed by atoms with Crippen LogP contribution in [0.4, 0.5) is 5.13 Å². The highest BCUT2D eigenvalue weighted by molar-refractivity contribution is 7.17. The molecule has 104 valence electrons. The van der Waals surface area contributed by atoms with E-state index in [0.717, 1.165) is 19.3 Å². The van der Waals surface area contributed by atoms with Crippen molar-refractivity contribution in [3.63, 3.8) is 0 Å². The molecule has 3 rings (SSSR count). The molecule has 1 aromatic heterocycles. The van der Waals surface area contributed by atoms with Crippen LogP contribution in [0, 0.1) is 6.92 Å². The van der Waals surface area contributed by atoms with E-state index in [4.69, 9.17) is 5.11 Å². The zero-order chi connectivity index (χ0) is 14.1. The minimum atomic E-state index is -0.905. The van der Waals surface area contributed by atoms with Gasteiger partial charge in [0.2, 0.25) is 0 Å². The maximum atomic E-state index is 11.1. The smallest absolute Gasteiger partial charge is 0.347 e. The fourth-order valence-corrected chi connectivity index (χ4v) is 3.57. The topological polar surface area (TPSA) is 62.2 Å². The lowest BCUT2D eigenvalue weighted by Gasteiger charge is -2.26. The standard InChI is InChI=1S/C15H16N2O2S/c1-9-13(14(18)19)20-15(16-9)17-12-8-4-6-10-5-2-3-7-11(10)12/h2-3,5,7,12H,4,6,8H2,1H3,(H,16,17)(H,18,19)/t12-/m1/s1. The van der Waals surface area contributed by atoms with Crippen molar-refractivity contribution >= 4 is 22.4 Å². The molecular formula is C15H16N2O2S. The van der Waals surface area contributed by atoms with Gasteiger partial charge in [0, 0.05) is 0 Å². The van der Waals surface area contributed by atoms with Gasteiger partial charge in [-0.05, 0) is 37.3 Å². The average Bonchev–Trinajstić information content (AvgIpc) is 2.80. The van der Waals surface area contributed by atoms with Gasteiger partial charge in [0.15, 0.2) is 5.13 Å². The predicted octanol–water partition coefficient (Wildman–Crippen LogP) is 3.64. The molecule has 1 atom stereocenters. The highest BCUT2D eigenvalue weighted by Crippen LogP contribution is 2.34. The zero-order valence-electron chi connectivity index (χ0n) is 11.2. The average molecular weight is 288 g/mol. The van der Waals surface area contributed by atoms with Gasteiger partial charge in [-0.2, -0.15) is 0 Å². The minimum Gasteiger partial charge on any atom is -0.477 e. The molecule has 0 spiro atoms. The molecule has 20 heavy (non-hydrogen) atoms. The fourth-order valence-electron chi connectivity index (χ4n) is 2.71. The Kier molecular flexibility index (Phi) is 3.44. The fraction of sp³-hybridized carbons (Fsp3) is 0.333. The Morgan fingerprint density at radius 3 is 3.00 bits per heavy atom. The van der Waals surface area contributed by atoms with Crippen LogP contribution in [-0.2, 0) is 6.42 Å². The van der Waals surface area contributed by atoms with Gasteiger partial charge in [-0.1, -0.05) is 35.6 Å². The van der Waals surface area contributed by atoms with Crippen molar-refractivity contribution in [1.29, 1.82) is 0 Å². The normalized spacial score (nSPS) is 17.6. The lowest BCUT2D eigenvalue weighted by Crippen LogP contribution is -2.17. The summed E-state index contributed by atoms with van der Waals surface area (Å²) in [5, 5.41) is 13.2. The number of rotatable bonds is 3. The molecule has 0 amide bonds. The maximum Gasteiger partial charge on any atom is 0.347 e. The first-order valence-corrected chi connectivity index (χ1v) is 7.52. The largest absolute Gasteiger partial charge is 0.477 e. The molecule has 0 fully saturated rings. The van der Waals surface area contributed by atoms with Gasteiger partial charge in [0.25, 0.3) is 0 Å². The second-order valence-corrected chi connectivity index (χ2v) is 6.03. The van der Waals surface area contributed by atoms with Gasteiger partial charge < -0.3 is 10.4 Å². The molecule has 0 radical (unpaired) electrons. The van der Waals surface area contributed by atoms with Crippen molar-refractivity contribution in [2.75, 3.05) is 5.32 Å². The van der Waals surface area contributed by atoms with E-state index in [1.165, 1.54) is 22.5 Å². The van der Waals surface area contributed by atoms with Crippen LogP contribution < -0.4 is 5.32 Å². The number of nitrogens with zero attached hydrogens (tertiary/aromatic N) is 1. The Hall–Kier alpha value is -1.88. The van der Waals surface area contributed by atoms with Gasteiger partial charge in [-0.25, -0.2) is 9.78 Å². The summed E-state index contributed by atoms with van der Waals surface area (Å²) in [4.78, 5) is 15.7. The van der Waals surface area contributed by atoms with E-state index in [1.807, 2.05) is 0 Å². The molecule has 0 bridgehead atoms. The summed E-state index contributed by atoms with van der Waals surface area (Å²) in [6.45, 7) is 1.74. The summed E-state index contributed by atoms with van der Waals surface area (Å²) in [5.41, 5.74) is 3.26. The number of aromatic nitrogens is 1. The number of fused-ring (bicyclic) bond motifs is 1. The second-order valence-electron chi connectivity index (χ2n) is 5.03. The van der Waals surface area contributed by atoms with Crippen LogP contribution in [0.2, 0.25) is 0 Å². The molecule has 0 saturated carbocycles. The Morgan fingerprint density at radius 1 is 1.45 bits per heavy atom. The third-order valence-electron chi connectivity index (χ3n) is 3.66. The number of thiazole rings is 1. The van der Waals surface area contributed by atoms with Gasteiger partial charge in [-0.3, -0.25) is 0 Å². The highest BCUT2D eigenvalue weighted by atomic mass is 32.1. The number of carbonyl (C=O) groups is 1. The van der Waals surface area contributed by atoms with Gasteiger partial charge in [-0.15, -0.1) is 0 Å². The number of aromatic carboxylic acids is 1. The molecule has 1 aliphatic carbocycles.